The van der Waals surface area contributed by atoms with E-state index in [1.807, 2.05) is 12.3 Å². The van der Waals surface area contributed by atoms with Gasteiger partial charge in [0.1, 0.15) is 6.04 Å². The fraction of sp³-hybridized carbons (Fsp3) is 0.500. The number of amides is 1. The van der Waals surface area contributed by atoms with Crippen molar-refractivity contribution < 1.29 is 24.6 Å². The Hall–Kier alpha value is -1.61. The Bertz CT molecular complexity index is 518. The van der Waals surface area contributed by atoms with Crippen molar-refractivity contribution in [1.29, 1.82) is 0 Å². The molecule has 1 amide bonds. The highest BCUT2D eigenvalue weighted by Crippen LogP contribution is 2.14. The van der Waals surface area contributed by atoms with Gasteiger partial charge in [-0.2, -0.15) is 0 Å². The molecule has 3 N–H and O–H groups in total. The van der Waals surface area contributed by atoms with Gasteiger partial charge in [0, 0.05) is 17.6 Å². The molecule has 0 aliphatic carbocycles. The molecule has 1 heterocycles. The van der Waals surface area contributed by atoms with Crippen LogP contribution < -0.4 is 5.32 Å². The van der Waals surface area contributed by atoms with Gasteiger partial charge in [0.2, 0.25) is 5.91 Å². The van der Waals surface area contributed by atoms with Crippen LogP contribution >= 0.6 is 23.1 Å². The van der Waals surface area contributed by atoms with Crippen molar-refractivity contribution in [1.82, 2.24) is 10.3 Å². The second-order valence-electron chi connectivity index (χ2n) is 4.24. The molecule has 0 fully saturated rings. The third kappa shape index (κ3) is 7.09. The number of hydrogen-bond acceptors (Lipinski definition) is 6. The van der Waals surface area contributed by atoms with Crippen molar-refractivity contribution in [2.24, 2.45) is 0 Å². The SMILES string of the molecule is Cc1nc(CSCC(=O)N[C@@H](CCC(=O)O)C(=O)O)cs1. The molecule has 1 aromatic heterocycles. The number of nitrogens with one attached hydrogen (secondary N) is 1. The molecule has 1 aromatic rings. The summed E-state index contributed by atoms with van der Waals surface area (Å²) in [6, 6.07) is -1.17. The first kappa shape index (κ1) is 17.4. The second-order valence-corrected chi connectivity index (χ2v) is 6.29. The van der Waals surface area contributed by atoms with Crippen molar-refractivity contribution in [3.8, 4) is 0 Å². The summed E-state index contributed by atoms with van der Waals surface area (Å²) in [6.45, 7) is 1.89. The molecule has 7 nitrogen and oxygen atoms in total. The van der Waals surface area contributed by atoms with Crippen LogP contribution in [0.4, 0.5) is 0 Å². The number of hydrogen-bond donors (Lipinski definition) is 3. The molecule has 1 rings (SSSR count). The Morgan fingerprint density at radius 2 is 2.14 bits per heavy atom. The second kappa shape index (κ2) is 8.63. The van der Waals surface area contributed by atoms with E-state index in [1.165, 1.54) is 23.1 Å². The van der Waals surface area contributed by atoms with E-state index in [-0.39, 0.29) is 18.6 Å². The summed E-state index contributed by atoms with van der Waals surface area (Å²) in [4.78, 5) is 37.2. The number of carboxylic acid groups (broad SMARTS) is 2. The number of nitrogens with zero attached hydrogens (tertiary/aromatic N) is 1. The van der Waals surface area contributed by atoms with Crippen molar-refractivity contribution in [2.45, 2.75) is 31.6 Å². The maximum Gasteiger partial charge on any atom is 0.326 e. The van der Waals surface area contributed by atoms with Crippen molar-refractivity contribution >= 4 is 40.9 Å². The minimum Gasteiger partial charge on any atom is -0.481 e. The summed E-state index contributed by atoms with van der Waals surface area (Å²) in [7, 11) is 0. The van der Waals surface area contributed by atoms with Gasteiger partial charge in [0.15, 0.2) is 0 Å². The molecule has 0 radical (unpaired) electrons. The topological polar surface area (TPSA) is 117 Å². The van der Waals surface area contributed by atoms with Gasteiger partial charge in [-0.1, -0.05) is 0 Å². The first-order valence-corrected chi connectivity index (χ1v) is 8.14. The smallest absolute Gasteiger partial charge is 0.326 e. The lowest BCUT2D eigenvalue weighted by Gasteiger charge is -2.13. The largest absolute Gasteiger partial charge is 0.481 e. The molecule has 0 spiro atoms. The molecule has 0 aliphatic heterocycles. The van der Waals surface area contributed by atoms with Crippen molar-refractivity contribution in [2.75, 3.05) is 5.75 Å². The minimum atomic E-state index is -1.23. The van der Waals surface area contributed by atoms with E-state index in [0.717, 1.165) is 10.7 Å². The van der Waals surface area contributed by atoms with Crippen LogP contribution in [0, 0.1) is 6.92 Å². The van der Waals surface area contributed by atoms with E-state index in [0.29, 0.717) is 5.75 Å². The van der Waals surface area contributed by atoms with E-state index in [9.17, 15) is 14.4 Å². The number of carboxylic acids is 2. The van der Waals surface area contributed by atoms with E-state index in [2.05, 4.69) is 10.3 Å². The van der Waals surface area contributed by atoms with Gasteiger partial charge in [0.25, 0.3) is 0 Å². The van der Waals surface area contributed by atoms with E-state index in [1.54, 1.807) is 0 Å². The quantitative estimate of drug-likeness (QED) is 0.620. The Labute approximate surface area is 129 Å². The lowest BCUT2D eigenvalue weighted by molar-refractivity contribution is -0.142. The molecule has 21 heavy (non-hydrogen) atoms. The zero-order valence-electron chi connectivity index (χ0n) is 11.4. The number of rotatable bonds is 9. The summed E-state index contributed by atoms with van der Waals surface area (Å²) in [6.07, 6.45) is -0.436. The van der Waals surface area contributed by atoms with Crippen molar-refractivity contribution in [3.05, 3.63) is 16.1 Å². The Morgan fingerprint density at radius 3 is 2.67 bits per heavy atom. The third-order valence-corrected chi connectivity index (χ3v) is 4.22. The van der Waals surface area contributed by atoms with E-state index >= 15 is 0 Å². The average molecular weight is 332 g/mol. The number of carbonyl (C=O) groups is 3. The Balaban J connectivity index is 2.32. The molecular formula is C12H16N2O5S2. The van der Waals surface area contributed by atoms with E-state index in [4.69, 9.17) is 10.2 Å². The molecule has 116 valence electrons. The molecule has 0 bridgehead atoms. The monoisotopic (exact) mass is 332 g/mol. The third-order valence-electron chi connectivity index (χ3n) is 2.43. The molecule has 0 aliphatic rings. The molecule has 0 saturated carbocycles. The van der Waals surface area contributed by atoms with Crippen LogP contribution in [0.5, 0.6) is 0 Å². The van der Waals surface area contributed by atoms with Crippen LogP contribution in [-0.2, 0) is 20.1 Å². The van der Waals surface area contributed by atoms with Crippen LogP contribution in [0.25, 0.3) is 0 Å². The Morgan fingerprint density at radius 1 is 1.43 bits per heavy atom. The van der Waals surface area contributed by atoms with Gasteiger partial charge in [-0.25, -0.2) is 9.78 Å². The lowest BCUT2D eigenvalue weighted by Crippen LogP contribution is -2.41. The summed E-state index contributed by atoms with van der Waals surface area (Å²) >= 11 is 2.86. The average Bonchev–Trinajstić information content (AvgIpc) is 2.79. The zero-order chi connectivity index (χ0) is 15.8. The van der Waals surface area contributed by atoms with Gasteiger partial charge in [-0.15, -0.1) is 23.1 Å². The molecule has 0 unspecified atom stereocenters. The van der Waals surface area contributed by atoms with Gasteiger partial charge in [-0.3, -0.25) is 9.59 Å². The number of aromatic nitrogens is 1. The first-order valence-electron chi connectivity index (χ1n) is 6.11. The number of thioether (sulfide) groups is 1. The van der Waals surface area contributed by atoms with Crippen LogP contribution in [0.1, 0.15) is 23.5 Å². The highest BCUT2D eigenvalue weighted by molar-refractivity contribution is 7.99. The molecule has 0 aromatic carbocycles. The van der Waals surface area contributed by atoms with E-state index < -0.39 is 23.9 Å². The number of aryl methyl sites for hydroxylation is 1. The van der Waals surface area contributed by atoms with Crippen LogP contribution in [0.2, 0.25) is 0 Å². The van der Waals surface area contributed by atoms with Gasteiger partial charge < -0.3 is 15.5 Å². The standard InChI is InChI=1S/C12H16N2O5S2/c1-7-13-8(5-21-7)4-20-6-10(15)14-9(12(18)19)2-3-11(16)17/h5,9H,2-4,6H2,1H3,(H,14,15)(H,16,17)(H,18,19)/t9-/m0/s1. The fourth-order valence-corrected chi connectivity index (χ4v) is 2.93. The number of carbonyl (C=O) groups excluding carboxylic acids is 1. The zero-order valence-corrected chi connectivity index (χ0v) is 13.0. The predicted octanol–water partition coefficient (Wildman–Crippen LogP) is 1.12. The van der Waals surface area contributed by atoms with Gasteiger partial charge in [0.05, 0.1) is 16.5 Å². The highest BCUT2D eigenvalue weighted by atomic mass is 32.2. The molecule has 9 heteroatoms. The Kier molecular flexibility index (Phi) is 7.17. The number of aliphatic carboxylic acids is 2. The summed E-state index contributed by atoms with van der Waals surface area (Å²) in [5, 5.41) is 22.6. The highest BCUT2D eigenvalue weighted by Gasteiger charge is 2.20. The summed E-state index contributed by atoms with van der Waals surface area (Å²) in [5.74, 6) is -2.07. The lowest BCUT2D eigenvalue weighted by atomic mass is 10.1. The van der Waals surface area contributed by atoms with Gasteiger partial charge >= 0.3 is 11.9 Å². The van der Waals surface area contributed by atoms with Crippen LogP contribution in [0.15, 0.2) is 5.38 Å². The molecule has 0 saturated heterocycles. The minimum absolute atomic E-state index is 0.105. The molecular weight excluding hydrogens is 316 g/mol. The fourth-order valence-electron chi connectivity index (χ4n) is 1.48. The van der Waals surface area contributed by atoms with Crippen LogP contribution in [-0.4, -0.2) is 44.8 Å². The van der Waals surface area contributed by atoms with Gasteiger partial charge in [-0.05, 0) is 13.3 Å². The van der Waals surface area contributed by atoms with Crippen LogP contribution in [0.3, 0.4) is 0 Å². The summed E-state index contributed by atoms with van der Waals surface area (Å²) < 4.78 is 0. The maximum absolute atomic E-state index is 11.6. The predicted molar refractivity (Wildman–Crippen MR) is 79.4 cm³/mol. The molecule has 1 atom stereocenters. The summed E-state index contributed by atoms with van der Waals surface area (Å²) in [5.41, 5.74) is 0.885. The number of thiazole rings is 1. The first-order chi connectivity index (χ1) is 9.88. The van der Waals surface area contributed by atoms with Crippen molar-refractivity contribution in [3.63, 3.8) is 0 Å². The normalized spacial score (nSPS) is 11.9. The maximum atomic E-state index is 11.6.